The quantitative estimate of drug-likeness (QED) is 0.397. The zero-order chi connectivity index (χ0) is 13.4. The minimum absolute atomic E-state index is 0.0225. The van der Waals surface area contributed by atoms with Crippen molar-refractivity contribution >= 4 is 17.3 Å². The van der Waals surface area contributed by atoms with Crippen LogP contribution in [-0.4, -0.2) is 15.2 Å². The van der Waals surface area contributed by atoms with Gasteiger partial charge in [-0.2, -0.15) is 0 Å². The molecule has 3 aromatic heterocycles. The monoisotopic (exact) mass is 259 g/mol. The number of guanidine groups is 1. The third-order valence-corrected chi connectivity index (χ3v) is 2.92. The molecule has 0 unspecified atom stereocenters. The summed E-state index contributed by atoms with van der Waals surface area (Å²) in [5.74, 6) is 0.816. The molecular formula is C12H15N6O+. The molecule has 0 saturated carbocycles. The molecule has 0 atom stereocenters. The molecule has 0 spiro atoms. The van der Waals surface area contributed by atoms with Crippen LogP contribution in [0.4, 0.5) is 5.69 Å². The second-order valence-electron chi connectivity index (χ2n) is 4.33. The summed E-state index contributed by atoms with van der Waals surface area (Å²) in [7, 11) is 1.99. The molecule has 0 aromatic carbocycles. The van der Waals surface area contributed by atoms with E-state index in [0.717, 1.165) is 11.4 Å². The van der Waals surface area contributed by atoms with Crippen molar-refractivity contribution in [3.63, 3.8) is 0 Å². The predicted octanol–water partition coefficient (Wildman–Crippen LogP) is 0.111. The number of fused-ring (bicyclic) bond motifs is 1. The second kappa shape index (κ2) is 4.20. The van der Waals surface area contributed by atoms with Gasteiger partial charge in [-0.1, -0.05) is 0 Å². The maximum atomic E-state index is 5.44. The standard InChI is InChI=1S/C12H15N6O/c1-16-3-2-11-17(4-5-18(11)16)7-10-6-9(8-19-10)15-12(13)14/h2-6,8H,7H2,1H3,(H4,13,14,15)/q+1. The minimum Gasteiger partial charge on any atom is -0.463 e. The topological polar surface area (TPSA) is 90.8 Å². The minimum atomic E-state index is 0.0225. The Morgan fingerprint density at radius 2 is 2.26 bits per heavy atom. The van der Waals surface area contributed by atoms with Crippen LogP contribution in [0.5, 0.6) is 0 Å². The normalized spacial score (nSPS) is 11.0. The van der Waals surface area contributed by atoms with Gasteiger partial charge in [0.15, 0.2) is 12.2 Å². The molecular weight excluding hydrogens is 244 g/mol. The van der Waals surface area contributed by atoms with Gasteiger partial charge in [0.25, 0.3) is 0 Å². The molecule has 3 heterocycles. The number of furan rings is 1. The van der Waals surface area contributed by atoms with Crippen molar-refractivity contribution in [3.05, 3.63) is 42.7 Å². The van der Waals surface area contributed by atoms with E-state index in [1.807, 2.05) is 47.0 Å². The number of nitrogens with two attached hydrogens (primary N) is 2. The van der Waals surface area contributed by atoms with Gasteiger partial charge in [-0.05, 0) is 0 Å². The first-order valence-electron chi connectivity index (χ1n) is 5.82. The van der Waals surface area contributed by atoms with Crippen molar-refractivity contribution < 1.29 is 8.98 Å². The molecule has 0 aliphatic heterocycles. The number of imidazole rings is 1. The number of aliphatic imine (C=N–C) groups is 1. The van der Waals surface area contributed by atoms with Crippen LogP contribution >= 0.6 is 0 Å². The molecule has 0 radical (unpaired) electrons. The summed E-state index contributed by atoms with van der Waals surface area (Å²) >= 11 is 0. The Kier molecular flexibility index (Phi) is 2.52. The van der Waals surface area contributed by atoms with Crippen molar-refractivity contribution in [2.24, 2.45) is 23.5 Å². The fourth-order valence-corrected chi connectivity index (χ4v) is 2.07. The van der Waals surface area contributed by atoms with Gasteiger partial charge in [-0.15, -0.1) is 4.52 Å². The average molecular weight is 259 g/mol. The molecule has 98 valence electrons. The molecule has 4 N–H and O–H groups in total. The molecule has 19 heavy (non-hydrogen) atoms. The number of hydrogen-bond donors (Lipinski definition) is 2. The zero-order valence-corrected chi connectivity index (χ0v) is 10.5. The third kappa shape index (κ3) is 2.05. The van der Waals surface area contributed by atoms with Crippen molar-refractivity contribution in [1.82, 2.24) is 9.20 Å². The Morgan fingerprint density at radius 1 is 1.42 bits per heavy atom. The Balaban J connectivity index is 1.88. The highest BCUT2D eigenvalue weighted by Crippen LogP contribution is 2.16. The van der Waals surface area contributed by atoms with Gasteiger partial charge in [-0.3, -0.25) is 0 Å². The van der Waals surface area contributed by atoms with E-state index in [1.165, 1.54) is 6.26 Å². The molecule has 3 aromatic rings. The lowest BCUT2D eigenvalue weighted by molar-refractivity contribution is -0.663. The summed E-state index contributed by atoms with van der Waals surface area (Å²) in [5.41, 5.74) is 12.4. The molecule has 0 aliphatic carbocycles. The Morgan fingerprint density at radius 3 is 3.05 bits per heavy atom. The number of rotatable bonds is 3. The summed E-state index contributed by atoms with van der Waals surface area (Å²) in [4.78, 5) is 3.94. The Bertz CT molecular complexity index is 743. The smallest absolute Gasteiger partial charge is 0.307 e. The predicted molar refractivity (Wildman–Crippen MR) is 69.8 cm³/mol. The average Bonchev–Trinajstić information content (AvgIpc) is 3.01. The largest absolute Gasteiger partial charge is 0.463 e. The molecule has 0 aliphatic rings. The summed E-state index contributed by atoms with van der Waals surface area (Å²) in [6.45, 7) is 0.626. The summed E-state index contributed by atoms with van der Waals surface area (Å²) in [6, 6.07) is 3.86. The van der Waals surface area contributed by atoms with Gasteiger partial charge < -0.3 is 15.9 Å². The van der Waals surface area contributed by atoms with Crippen LogP contribution in [0.1, 0.15) is 5.76 Å². The van der Waals surface area contributed by atoms with Crippen molar-refractivity contribution in [2.45, 2.75) is 6.54 Å². The Hall–Kier alpha value is -2.70. The van der Waals surface area contributed by atoms with E-state index in [4.69, 9.17) is 15.9 Å². The molecule has 0 bridgehead atoms. The highest BCUT2D eigenvalue weighted by Gasteiger charge is 2.14. The first kappa shape index (κ1) is 11.4. The van der Waals surface area contributed by atoms with Gasteiger partial charge in [0.1, 0.15) is 30.5 Å². The summed E-state index contributed by atoms with van der Waals surface area (Å²) in [5, 5.41) is 0. The number of aryl methyl sites for hydroxylation is 1. The van der Waals surface area contributed by atoms with Crippen LogP contribution in [0.2, 0.25) is 0 Å². The SMILES string of the molecule is Cn1ccc2n1cc[n+]2Cc1cc(N=C(N)N)co1. The first-order chi connectivity index (χ1) is 9.13. The molecule has 0 amide bonds. The Labute approximate surface area is 109 Å². The van der Waals surface area contributed by atoms with Gasteiger partial charge in [-0.25, -0.2) is 14.2 Å². The lowest BCUT2D eigenvalue weighted by Gasteiger charge is -1.91. The van der Waals surface area contributed by atoms with Crippen LogP contribution < -0.4 is 16.0 Å². The fraction of sp³-hybridized carbons (Fsp3) is 0.167. The summed E-state index contributed by atoms with van der Waals surface area (Å²) in [6.07, 6.45) is 7.53. The maximum absolute atomic E-state index is 5.44. The van der Waals surface area contributed by atoms with E-state index >= 15 is 0 Å². The molecule has 0 fully saturated rings. The van der Waals surface area contributed by atoms with E-state index in [9.17, 15) is 0 Å². The van der Waals surface area contributed by atoms with Crippen LogP contribution in [0, 0.1) is 0 Å². The third-order valence-electron chi connectivity index (χ3n) is 2.92. The summed E-state index contributed by atoms with van der Waals surface area (Å²) < 4.78 is 11.6. The lowest BCUT2D eigenvalue weighted by Crippen LogP contribution is -2.32. The van der Waals surface area contributed by atoms with Crippen LogP contribution in [0.3, 0.4) is 0 Å². The molecule has 7 nitrogen and oxygen atoms in total. The van der Waals surface area contributed by atoms with Gasteiger partial charge >= 0.3 is 5.65 Å². The van der Waals surface area contributed by atoms with E-state index in [2.05, 4.69) is 9.56 Å². The highest BCUT2D eigenvalue weighted by molar-refractivity contribution is 5.78. The van der Waals surface area contributed by atoms with E-state index in [0.29, 0.717) is 12.2 Å². The van der Waals surface area contributed by atoms with Gasteiger partial charge in [0, 0.05) is 25.4 Å². The highest BCUT2D eigenvalue weighted by atomic mass is 16.3. The van der Waals surface area contributed by atoms with E-state index in [-0.39, 0.29) is 5.96 Å². The van der Waals surface area contributed by atoms with Gasteiger partial charge in [0.05, 0.1) is 0 Å². The maximum Gasteiger partial charge on any atom is 0.307 e. The van der Waals surface area contributed by atoms with Gasteiger partial charge in [0.2, 0.25) is 0 Å². The van der Waals surface area contributed by atoms with E-state index < -0.39 is 0 Å². The van der Waals surface area contributed by atoms with Crippen LogP contribution in [0.15, 0.2) is 46.4 Å². The number of aromatic nitrogens is 3. The van der Waals surface area contributed by atoms with Crippen molar-refractivity contribution in [3.8, 4) is 0 Å². The van der Waals surface area contributed by atoms with Crippen LogP contribution in [-0.2, 0) is 13.6 Å². The van der Waals surface area contributed by atoms with Crippen molar-refractivity contribution in [2.75, 3.05) is 0 Å². The molecule has 3 rings (SSSR count). The second-order valence-corrected chi connectivity index (χ2v) is 4.33. The fourth-order valence-electron chi connectivity index (χ4n) is 2.07. The first-order valence-corrected chi connectivity index (χ1v) is 5.82. The van der Waals surface area contributed by atoms with E-state index in [1.54, 1.807) is 0 Å². The lowest BCUT2D eigenvalue weighted by atomic mass is 10.4. The number of hydrogen-bond acceptors (Lipinski definition) is 2. The molecule has 0 saturated heterocycles. The van der Waals surface area contributed by atoms with Crippen molar-refractivity contribution in [1.29, 1.82) is 0 Å². The molecule has 7 heteroatoms. The number of nitrogens with zero attached hydrogens (tertiary/aromatic N) is 4. The van der Waals surface area contributed by atoms with Crippen LogP contribution in [0.25, 0.3) is 5.65 Å². The zero-order valence-electron chi connectivity index (χ0n) is 10.5.